The average molecular weight is 845 g/mol. The number of amides is 5. The zero-order valence-corrected chi connectivity index (χ0v) is 36.3. The van der Waals surface area contributed by atoms with E-state index in [9.17, 15) is 32.7 Å². The van der Waals surface area contributed by atoms with E-state index in [1.165, 1.54) is 6.33 Å². The summed E-state index contributed by atoms with van der Waals surface area (Å²) < 4.78 is 32.6. The van der Waals surface area contributed by atoms with Gasteiger partial charge in [0.05, 0.1) is 29.9 Å². The number of rotatable bonds is 20. The molecule has 0 bridgehead atoms. The van der Waals surface area contributed by atoms with Crippen molar-refractivity contribution in [2.45, 2.75) is 148 Å². The zero-order chi connectivity index (χ0) is 43.0. The predicted molar refractivity (Wildman–Crippen MR) is 226 cm³/mol. The van der Waals surface area contributed by atoms with Gasteiger partial charge in [0.1, 0.15) is 17.7 Å². The first-order valence-electron chi connectivity index (χ1n) is 21.3. The number of hydrogen-bond donors (Lipinski definition) is 7. The van der Waals surface area contributed by atoms with E-state index in [4.69, 9.17) is 4.74 Å². The Hall–Kier alpha value is -4.22. The number of aliphatic hydroxyl groups excluding tert-OH is 1. The van der Waals surface area contributed by atoms with Crippen LogP contribution in [0.5, 0.6) is 0 Å². The number of carbonyl (C=O) groups is 4. The van der Waals surface area contributed by atoms with Crippen molar-refractivity contribution in [3.63, 3.8) is 0 Å². The quantitative estimate of drug-likeness (QED) is 0.103. The second-order valence-corrected chi connectivity index (χ2v) is 19.3. The van der Waals surface area contributed by atoms with Gasteiger partial charge >= 0.3 is 12.1 Å². The maximum Gasteiger partial charge on any atom is 0.407 e. The smallest absolute Gasteiger partial charge is 0.407 e. The highest BCUT2D eigenvalue weighted by atomic mass is 32.2. The van der Waals surface area contributed by atoms with Crippen LogP contribution < -0.4 is 26.0 Å². The number of aromatic nitrogens is 2. The molecule has 16 nitrogen and oxygen atoms in total. The standard InChI is InChI=1S/C42H68N8O8S/c1-6-21-59(56,57)45-26-29(2)22-37(51)34(23-30-13-9-7-10-14-30)47-39(53)36(25-33-27-43-28-44-33)48-38(52)35(24-31-15-11-8-12-16-31)49-40(54)50-19-17-32(18-20-50)46-41(55)58-42(3,4)5/h8,11-12,15-16,27-30,32,34-37,45,51H,6-7,9-10,13-14,17-26H2,1-5H3,(H,43,44)(H,46,55)(H,47,53)(H,48,52)(H,49,54)/t29-,34-,35-,36-,37-/m0/s1. The second-order valence-electron chi connectivity index (χ2n) is 17.4. The molecule has 330 valence electrons. The maximum absolute atomic E-state index is 14.3. The highest BCUT2D eigenvalue weighted by Crippen LogP contribution is 2.29. The number of imidazole rings is 1. The van der Waals surface area contributed by atoms with E-state index >= 15 is 0 Å². The van der Waals surface area contributed by atoms with Crippen molar-refractivity contribution < 1.29 is 37.4 Å². The first-order chi connectivity index (χ1) is 28.0. The lowest BCUT2D eigenvalue weighted by Gasteiger charge is -2.34. The molecule has 0 spiro atoms. The van der Waals surface area contributed by atoms with E-state index in [1.807, 2.05) is 37.3 Å². The molecule has 1 saturated heterocycles. The van der Waals surface area contributed by atoms with Crippen LogP contribution in [0.25, 0.3) is 0 Å². The summed E-state index contributed by atoms with van der Waals surface area (Å²) in [5, 5.41) is 23.4. The van der Waals surface area contributed by atoms with E-state index < -0.39 is 63.8 Å². The van der Waals surface area contributed by atoms with E-state index in [-0.39, 0.29) is 43.5 Å². The van der Waals surface area contributed by atoms with Crippen LogP contribution in [0.2, 0.25) is 0 Å². The summed E-state index contributed by atoms with van der Waals surface area (Å²) in [6, 6.07) is 5.89. The number of nitrogens with zero attached hydrogens (tertiary/aromatic N) is 2. The molecule has 1 aromatic carbocycles. The SMILES string of the molecule is CCCS(=O)(=O)NC[C@@H](C)C[C@H](O)[C@H](CC1CCCCC1)NC(=O)[C@H](Cc1c[nH]cn1)NC(=O)[C@H](Cc1ccccc1)NC(=O)N1CCC(NC(=O)OC(C)(C)C)CC1. The largest absolute Gasteiger partial charge is 0.444 e. The number of sulfonamides is 1. The van der Waals surface area contributed by atoms with Crippen LogP contribution in [-0.4, -0.2) is 114 Å². The van der Waals surface area contributed by atoms with Gasteiger partial charge in [0.15, 0.2) is 0 Å². The average Bonchev–Trinajstić information content (AvgIpc) is 3.70. The molecule has 2 aromatic rings. The van der Waals surface area contributed by atoms with Crippen LogP contribution in [0, 0.1) is 11.8 Å². The Kier molecular flexibility index (Phi) is 18.5. The van der Waals surface area contributed by atoms with Crippen molar-refractivity contribution in [3.8, 4) is 0 Å². The summed E-state index contributed by atoms with van der Waals surface area (Å²) in [6.07, 6.45) is 9.43. The third kappa shape index (κ3) is 17.1. The van der Waals surface area contributed by atoms with Crippen molar-refractivity contribution >= 4 is 34.0 Å². The molecular weight excluding hydrogens is 777 g/mol. The molecule has 17 heteroatoms. The number of piperidine rings is 1. The van der Waals surface area contributed by atoms with E-state index in [0.717, 1.165) is 37.7 Å². The summed E-state index contributed by atoms with van der Waals surface area (Å²) in [5.74, 6) is -0.949. The Labute approximate surface area is 350 Å². The number of hydrogen-bond acceptors (Lipinski definition) is 9. The van der Waals surface area contributed by atoms with Crippen LogP contribution >= 0.6 is 0 Å². The molecule has 5 atom stereocenters. The van der Waals surface area contributed by atoms with Crippen molar-refractivity contribution in [1.29, 1.82) is 0 Å². The number of carbonyl (C=O) groups excluding carboxylic acids is 4. The summed E-state index contributed by atoms with van der Waals surface area (Å²) in [7, 11) is -3.42. The molecule has 1 aliphatic heterocycles. The number of aromatic amines is 1. The molecule has 7 N–H and O–H groups in total. The number of nitrogens with one attached hydrogen (secondary N) is 6. The van der Waals surface area contributed by atoms with Crippen LogP contribution in [0.4, 0.5) is 9.59 Å². The molecule has 5 amide bonds. The van der Waals surface area contributed by atoms with Gasteiger partial charge in [-0.05, 0) is 70.3 Å². The van der Waals surface area contributed by atoms with Crippen molar-refractivity contribution in [1.82, 2.24) is 40.9 Å². The summed E-state index contributed by atoms with van der Waals surface area (Å²) >= 11 is 0. The minimum Gasteiger partial charge on any atom is -0.444 e. The van der Waals surface area contributed by atoms with E-state index in [2.05, 4.69) is 36.0 Å². The molecule has 0 radical (unpaired) electrons. The van der Waals surface area contributed by atoms with Crippen LogP contribution in [0.3, 0.4) is 0 Å². The first kappa shape index (κ1) is 47.5. The number of alkyl carbamates (subject to hydrolysis) is 1. The van der Waals surface area contributed by atoms with Gasteiger partial charge in [0, 0.05) is 44.7 Å². The van der Waals surface area contributed by atoms with E-state index in [1.54, 1.807) is 38.8 Å². The van der Waals surface area contributed by atoms with Crippen molar-refractivity contribution in [2.24, 2.45) is 11.8 Å². The summed E-state index contributed by atoms with van der Waals surface area (Å²) in [4.78, 5) is 63.4. The van der Waals surface area contributed by atoms with Gasteiger partial charge in [-0.25, -0.2) is 27.7 Å². The molecular formula is C42H68N8O8S. The Balaban J connectivity index is 1.48. The molecule has 2 heterocycles. The van der Waals surface area contributed by atoms with Crippen molar-refractivity contribution in [2.75, 3.05) is 25.4 Å². The molecule has 2 fully saturated rings. The number of aliphatic hydroxyl groups is 1. The first-order valence-corrected chi connectivity index (χ1v) is 23.0. The molecule has 4 rings (SSSR count). The zero-order valence-electron chi connectivity index (χ0n) is 35.5. The molecule has 59 heavy (non-hydrogen) atoms. The topological polar surface area (TPSA) is 224 Å². The number of H-pyrrole nitrogens is 1. The molecule has 0 unspecified atom stereocenters. The van der Waals surface area contributed by atoms with Gasteiger partial charge in [0.2, 0.25) is 21.8 Å². The van der Waals surface area contributed by atoms with Gasteiger partial charge in [-0.15, -0.1) is 0 Å². The van der Waals surface area contributed by atoms with Crippen LogP contribution in [0.15, 0.2) is 42.9 Å². The molecule has 1 aromatic heterocycles. The molecule has 1 saturated carbocycles. The third-order valence-corrected chi connectivity index (χ3v) is 12.4. The Morgan fingerprint density at radius 2 is 1.61 bits per heavy atom. The summed E-state index contributed by atoms with van der Waals surface area (Å²) in [5.41, 5.74) is 0.714. The number of urea groups is 1. The normalized spacial score (nSPS) is 18.2. The predicted octanol–water partition coefficient (Wildman–Crippen LogP) is 3.92. The van der Waals surface area contributed by atoms with Gasteiger partial charge < -0.3 is 41.0 Å². The van der Waals surface area contributed by atoms with Gasteiger partial charge in [-0.2, -0.15) is 0 Å². The fourth-order valence-electron chi connectivity index (χ4n) is 7.74. The lowest BCUT2D eigenvalue weighted by atomic mass is 9.82. The lowest BCUT2D eigenvalue weighted by Crippen LogP contribution is -2.59. The molecule has 1 aliphatic carbocycles. The second kappa shape index (κ2) is 23.0. The number of likely N-dealkylation sites (tertiary alicyclic amines) is 1. The van der Waals surface area contributed by atoms with Crippen LogP contribution in [-0.2, 0) is 37.2 Å². The Bertz CT molecular complexity index is 1710. The molecule has 2 aliphatic rings. The fourth-order valence-corrected chi connectivity index (χ4v) is 8.96. The monoisotopic (exact) mass is 844 g/mol. The van der Waals surface area contributed by atoms with Gasteiger partial charge in [-0.1, -0.05) is 76.3 Å². The van der Waals surface area contributed by atoms with E-state index in [0.29, 0.717) is 50.4 Å². The number of ether oxygens (including phenoxy) is 1. The highest BCUT2D eigenvalue weighted by Gasteiger charge is 2.34. The Morgan fingerprint density at radius 3 is 2.24 bits per heavy atom. The third-order valence-electron chi connectivity index (χ3n) is 10.9. The minimum absolute atomic E-state index is 0.0232. The fraction of sp³-hybridized carbons (Fsp3) is 0.690. The van der Waals surface area contributed by atoms with Gasteiger partial charge in [-0.3, -0.25) is 9.59 Å². The van der Waals surface area contributed by atoms with Crippen LogP contribution in [0.1, 0.15) is 110 Å². The lowest BCUT2D eigenvalue weighted by molar-refractivity contribution is -0.131. The van der Waals surface area contributed by atoms with Gasteiger partial charge in [0.25, 0.3) is 0 Å². The number of benzene rings is 1. The highest BCUT2D eigenvalue weighted by molar-refractivity contribution is 7.89. The minimum atomic E-state index is -3.42. The van der Waals surface area contributed by atoms with Crippen molar-refractivity contribution in [3.05, 3.63) is 54.1 Å². The summed E-state index contributed by atoms with van der Waals surface area (Å²) in [6.45, 7) is 9.91. The maximum atomic E-state index is 14.3. The Morgan fingerprint density at radius 1 is 0.949 bits per heavy atom.